The molecule has 0 spiro atoms. The van der Waals surface area contributed by atoms with Gasteiger partial charge in [0, 0.05) is 29.3 Å². The third-order valence-corrected chi connectivity index (χ3v) is 6.68. The van der Waals surface area contributed by atoms with Crippen LogP contribution < -0.4 is 10.2 Å². The van der Waals surface area contributed by atoms with Crippen molar-refractivity contribution in [3.63, 3.8) is 0 Å². The topological polar surface area (TPSA) is 15.3 Å². The molecule has 0 atom stereocenters. The molecule has 38 heavy (non-hydrogen) atoms. The third-order valence-electron chi connectivity index (χ3n) is 6.68. The number of rotatable bonds is 11. The van der Waals surface area contributed by atoms with Crippen LogP contribution in [0, 0.1) is 0 Å². The van der Waals surface area contributed by atoms with E-state index >= 15 is 0 Å². The fourth-order valence-electron chi connectivity index (χ4n) is 4.63. The predicted octanol–water partition coefficient (Wildman–Crippen LogP) is 10.8. The van der Waals surface area contributed by atoms with Crippen LogP contribution in [0.5, 0.6) is 0 Å². The molecule has 0 radical (unpaired) electrons. The van der Waals surface area contributed by atoms with Crippen LogP contribution in [0.25, 0.3) is 10.8 Å². The van der Waals surface area contributed by atoms with E-state index in [4.69, 9.17) is 0 Å². The highest BCUT2D eigenvalue weighted by atomic mass is 15.1. The van der Waals surface area contributed by atoms with Gasteiger partial charge in [0.25, 0.3) is 0 Å². The molecule has 0 saturated heterocycles. The molecular formula is C36H40N2. The first kappa shape index (κ1) is 27.0. The Labute approximate surface area is 229 Å². The molecule has 0 saturated carbocycles. The first-order chi connectivity index (χ1) is 18.8. The van der Waals surface area contributed by atoms with Crippen molar-refractivity contribution in [1.29, 1.82) is 0 Å². The number of unbranched alkanes of at least 4 members (excludes halogenated alkanes) is 5. The summed E-state index contributed by atoms with van der Waals surface area (Å²) in [7, 11) is 0. The van der Waals surface area contributed by atoms with Crippen molar-refractivity contribution in [2.75, 3.05) is 16.8 Å². The number of nitrogens with one attached hydrogen (secondary N) is 1. The second kappa shape index (κ2) is 15.3. The van der Waals surface area contributed by atoms with Gasteiger partial charge in [-0.3, -0.25) is 0 Å². The summed E-state index contributed by atoms with van der Waals surface area (Å²) in [5, 5.41) is 5.92. The van der Waals surface area contributed by atoms with E-state index in [1.165, 1.54) is 60.7 Å². The largest absolute Gasteiger partial charge is 0.356 e. The monoisotopic (exact) mass is 500 g/mol. The van der Waals surface area contributed by atoms with E-state index in [0.717, 1.165) is 17.9 Å². The Morgan fingerprint density at radius 3 is 1.63 bits per heavy atom. The van der Waals surface area contributed by atoms with Gasteiger partial charge < -0.3 is 10.2 Å². The Balaban J connectivity index is 0.000000180. The van der Waals surface area contributed by atoms with E-state index in [-0.39, 0.29) is 0 Å². The molecular weight excluding hydrogens is 460 g/mol. The van der Waals surface area contributed by atoms with Crippen LogP contribution in [0.3, 0.4) is 0 Å². The molecule has 0 heterocycles. The summed E-state index contributed by atoms with van der Waals surface area (Å²) in [6.45, 7) is 3.37. The van der Waals surface area contributed by atoms with Crippen molar-refractivity contribution in [3.05, 3.63) is 133 Å². The van der Waals surface area contributed by atoms with Crippen molar-refractivity contribution < 1.29 is 0 Å². The summed E-state index contributed by atoms with van der Waals surface area (Å²) in [6, 6.07) is 46.4. The van der Waals surface area contributed by atoms with Gasteiger partial charge in [-0.05, 0) is 65.7 Å². The number of fused-ring (bicyclic) bond motifs is 1. The molecule has 2 nitrogen and oxygen atoms in total. The zero-order valence-electron chi connectivity index (χ0n) is 22.6. The van der Waals surface area contributed by atoms with Crippen molar-refractivity contribution in [1.82, 2.24) is 0 Å². The Morgan fingerprint density at radius 2 is 1.00 bits per heavy atom. The molecule has 2 heteroatoms. The van der Waals surface area contributed by atoms with Gasteiger partial charge in [-0.25, -0.2) is 0 Å². The van der Waals surface area contributed by atoms with Gasteiger partial charge in [-0.1, -0.05) is 124 Å². The number of hydrogen-bond donors (Lipinski definition) is 1. The Hall–Kier alpha value is -4.04. The Kier molecular flexibility index (Phi) is 10.9. The van der Waals surface area contributed by atoms with Gasteiger partial charge >= 0.3 is 0 Å². The molecule has 0 aromatic heterocycles. The summed E-state index contributed by atoms with van der Waals surface area (Å²) in [4.78, 5) is 2.43. The lowest BCUT2D eigenvalue weighted by Gasteiger charge is -2.25. The minimum atomic E-state index is 1.10. The van der Waals surface area contributed by atoms with E-state index in [1.807, 2.05) is 18.2 Å². The predicted molar refractivity (Wildman–Crippen MR) is 167 cm³/mol. The highest BCUT2D eigenvalue weighted by Crippen LogP contribution is 2.25. The van der Waals surface area contributed by atoms with E-state index < -0.39 is 0 Å². The summed E-state index contributed by atoms with van der Waals surface area (Å²) >= 11 is 0. The maximum Gasteiger partial charge on any atom is 0.0410 e. The fraction of sp³-hybridized carbons (Fsp3) is 0.222. The summed E-state index contributed by atoms with van der Waals surface area (Å²) in [5.74, 6) is 0. The van der Waals surface area contributed by atoms with Crippen LogP contribution in [0.1, 0.15) is 45.4 Å². The average Bonchev–Trinajstić information content (AvgIpc) is 2.98. The van der Waals surface area contributed by atoms with E-state index in [2.05, 4.69) is 132 Å². The first-order valence-corrected chi connectivity index (χ1v) is 14.0. The maximum absolute atomic E-state index is 3.40. The number of benzene rings is 5. The van der Waals surface area contributed by atoms with Gasteiger partial charge in [0.15, 0.2) is 0 Å². The highest BCUT2D eigenvalue weighted by molar-refractivity contribution is 5.86. The molecule has 0 amide bonds. The lowest BCUT2D eigenvalue weighted by Crippen LogP contribution is -2.18. The second-order valence-corrected chi connectivity index (χ2v) is 9.64. The molecule has 0 aliphatic carbocycles. The van der Waals surface area contributed by atoms with Crippen LogP contribution in [0.15, 0.2) is 133 Å². The zero-order valence-corrected chi connectivity index (χ0v) is 22.6. The van der Waals surface area contributed by atoms with Crippen molar-refractivity contribution in [2.45, 2.75) is 45.4 Å². The lowest BCUT2D eigenvalue weighted by molar-refractivity contribution is 0.609. The molecule has 0 fully saturated rings. The molecule has 0 aliphatic rings. The SMILES string of the molecule is CCCCCCCCN(c1ccccc1)c1ccccc1.c1ccc(Nc2ccc3ccccc3c2)cc1. The molecule has 0 unspecified atom stereocenters. The van der Waals surface area contributed by atoms with Crippen LogP contribution in [0.2, 0.25) is 0 Å². The molecule has 5 aromatic rings. The Morgan fingerprint density at radius 1 is 0.474 bits per heavy atom. The average molecular weight is 501 g/mol. The highest BCUT2D eigenvalue weighted by Gasteiger charge is 2.07. The smallest absolute Gasteiger partial charge is 0.0410 e. The molecule has 5 aromatic carbocycles. The quantitative estimate of drug-likeness (QED) is 0.181. The van der Waals surface area contributed by atoms with Crippen molar-refractivity contribution in [2.24, 2.45) is 0 Å². The van der Waals surface area contributed by atoms with Gasteiger partial charge in [-0.2, -0.15) is 0 Å². The van der Waals surface area contributed by atoms with E-state index in [0.29, 0.717) is 0 Å². The zero-order chi connectivity index (χ0) is 26.3. The number of hydrogen-bond acceptors (Lipinski definition) is 2. The second-order valence-electron chi connectivity index (χ2n) is 9.64. The van der Waals surface area contributed by atoms with Crippen LogP contribution >= 0.6 is 0 Å². The number of nitrogens with zero attached hydrogens (tertiary/aromatic N) is 1. The minimum absolute atomic E-state index is 1.10. The van der Waals surface area contributed by atoms with Crippen molar-refractivity contribution >= 4 is 33.5 Å². The van der Waals surface area contributed by atoms with Crippen LogP contribution in [-0.2, 0) is 0 Å². The van der Waals surface area contributed by atoms with Gasteiger partial charge in [0.05, 0.1) is 0 Å². The minimum Gasteiger partial charge on any atom is -0.356 e. The summed E-state index contributed by atoms with van der Waals surface area (Å²) in [5.41, 5.74) is 4.81. The van der Waals surface area contributed by atoms with Gasteiger partial charge in [0.1, 0.15) is 0 Å². The third kappa shape index (κ3) is 8.52. The summed E-state index contributed by atoms with van der Waals surface area (Å²) in [6.07, 6.45) is 8.03. The Bertz CT molecular complexity index is 1280. The molecule has 194 valence electrons. The number of anilines is 4. The van der Waals surface area contributed by atoms with Crippen LogP contribution in [-0.4, -0.2) is 6.54 Å². The normalized spacial score (nSPS) is 10.4. The van der Waals surface area contributed by atoms with Crippen molar-refractivity contribution in [3.8, 4) is 0 Å². The van der Waals surface area contributed by atoms with E-state index in [1.54, 1.807) is 0 Å². The van der Waals surface area contributed by atoms with E-state index in [9.17, 15) is 0 Å². The molecule has 0 aliphatic heterocycles. The lowest BCUT2D eigenvalue weighted by atomic mass is 10.1. The number of para-hydroxylation sites is 3. The standard InChI is InChI=1S/C20H27N.C16H13N/c1-2-3-4-5-6-13-18-21(19-14-9-7-10-15-19)20-16-11-8-12-17-20;1-2-8-15(9-3-1)17-16-11-10-13-6-4-5-7-14(13)12-16/h7-12,14-17H,2-6,13,18H2,1H3;1-12,17H. The van der Waals surface area contributed by atoms with Crippen LogP contribution in [0.4, 0.5) is 22.7 Å². The molecule has 0 bridgehead atoms. The molecule has 1 N–H and O–H groups in total. The first-order valence-electron chi connectivity index (χ1n) is 14.0. The van der Waals surface area contributed by atoms with Gasteiger partial charge in [0.2, 0.25) is 0 Å². The summed E-state index contributed by atoms with van der Waals surface area (Å²) < 4.78 is 0. The van der Waals surface area contributed by atoms with Gasteiger partial charge in [-0.15, -0.1) is 0 Å². The maximum atomic E-state index is 3.40. The fourth-order valence-corrected chi connectivity index (χ4v) is 4.63. The molecule has 5 rings (SSSR count).